The van der Waals surface area contributed by atoms with E-state index in [1.807, 2.05) is 0 Å². The van der Waals surface area contributed by atoms with Crippen LogP contribution in [0.2, 0.25) is 0 Å². The fourth-order valence-electron chi connectivity index (χ4n) is 1.37. The van der Waals surface area contributed by atoms with Gasteiger partial charge in [0.25, 0.3) is 0 Å². The molecule has 0 N–H and O–H groups in total. The summed E-state index contributed by atoms with van der Waals surface area (Å²) in [5.74, 6) is -0.609. The molecule has 0 aromatic rings. The van der Waals surface area contributed by atoms with Crippen molar-refractivity contribution in [2.75, 3.05) is 33.5 Å². The number of hydrogen-bond acceptors (Lipinski definition) is 4. The smallest absolute Gasteiger partial charge is 0.165 e. The van der Waals surface area contributed by atoms with E-state index >= 15 is 0 Å². The summed E-state index contributed by atoms with van der Waals surface area (Å²) >= 11 is 5.90. The van der Waals surface area contributed by atoms with E-state index in [0.29, 0.717) is 26.1 Å². The van der Waals surface area contributed by atoms with Crippen LogP contribution in [0.4, 0.5) is 4.39 Å². The summed E-state index contributed by atoms with van der Waals surface area (Å²) in [6.45, 7) is 1.45. The first kappa shape index (κ1) is 18.8. The average Bonchev–Trinajstić information content (AvgIpc) is 2.53. The number of ether oxygens (including phenoxy) is 3. The molecule has 1 aliphatic rings. The number of carbonyl (C=O) groups excluding carboxylic acids is 1. The third-order valence-corrected chi connectivity index (χ3v) is 2.50. The van der Waals surface area contributed by atoms with Crippen molar-refractivity contribution in [1.29, 1.82) is 0 Å². The van der Waals surface area contributed by atoms with E-state index in [2.05, 4.69) is 0 Å². The van der Waals surface area contributed by atoms with Gasteiger partial charge < -0.3 is 14.2 Å². The normalized spacial score (nSPS) is 18.1. The van der Waals surface area contributed by atoms with Crippen molar-refractivity contribution < 1.29 is 23.4 Å². The average molecular weight is 307 g/mol. The van der Waals surface area contributed by atoms with Crippen LogP contribution in [0.1, 0.15) is 7.43 Å². The van der Waals surface area contributed by atoms with Gasteiger partial charge in [0.2, 0.25) is 0 Å². The minimum Gasteiger partial charge on any atom is -0.488 e. The molecule has 114 valence electrons. The number of rotatable bonds is 8. The van der Waals surface area contributed by atoms with E-state index in [9.17, 15) is 9.18 Å². The molecule has 0 amide bonds. The number of carbonyl (C=O) groups is 1. The van der Waals surface area contributed by atoms with Crippen LogP contribution >= 0.6 is 11.6 Å². The maximum atomic E-state index is 13.7. The van der Waals surface area contributed by atoms with Gasteiger partial charge in [-0.25, -0.2) is 4.39 Å². The van der Waals surface area contributed by atoms with Crippen LogP contribution in [0.15, 0.2) is 35.4 Å². The molecule has 0 saturated heterocycles. The summed E-state index contributed by atoms with van der Waals surface area (Å²) in [7, 11) is 1.58. The molecule has 0 aromatic carbocycles. The van der Waals surface area contributed by atoms with Gasteiger partial charge in [-0.05, 0) is 12.2 Å². The topological polar surface area (TPSA) is 44.8 Å². The fourth-order valence-corrected chi connectivity index (χ4v) is 1.63. The maximum absolute atomic E-state index is 13.7. The van der Waals surface area contributed by atoms with E-state index in [1.165, 1.54) is 12.2 Å². The first-order chi connectivity index (χ1) is 9.17. The summed E-state index contributed by atoms with van der Waals surface area (Å²) in [6.07, 6.45) is 4.48. The molecule has 0 spiro atoms. The van der Waals surface area contributed by atoms with Crippen molar-refractivity contribution in [2.45, 2.75) is 12.8 Å². The second-order valence-corrected chi connectivity index (χ2v) is 4.21. The highest BCUT2D eigenvalue weighted by atomic mass is 35.5. The molecule has 0 aromatic heterocycles. The van der Waals surface area contributed by atoms with Crippen molar-refractivity contribution in [1.82, 2.24) is 0 Å². The van der Waals surface area contributed by atoms with Crippen molar-refractivity contribution in [3.63, 3.8) is 0 Å². The van der Waals surface area contributed by atoms with Crippen LogP contribution in [-0.2, 0) is 19.0 Å². The zero-order valence-corrected chi connectivity index (χ0v) is 11.4. The number of aldehydes is 1. The standard InChI is InChI=1S/C13H16ClFO4.CH4/c1-17-2-3-18-4-5-19-13-8-11(14)6-10(9-16)7-12(13)15;/h6-9,11H,2-5H2,1H3;1H4. The third kappa shape index (κ3) is 6.84. The fraction of sp³-hybridized carbons (Fsp3) is 0.500. The second-order valence-electron chi connectivity index (χ2n) is 3.71. The summed E-state index contributed by atoms with van der Waals surface area (Å²) in [5, 5.41) is -0.589. The van der Waals surface area contributed by atoms with Crippen LogP contribution in [0.5, 0.6) is 0 Å². The predicted octanol–water partition coefficient (Wildman–Crippen LogP) is 2.79. The number of allylic oxidation sites excluding steroid dienone is 5. The van der Waals surface area contributed by atoms with E-state index < -0.39 is 11.2 Å². The molecule has 6 heteroatoms. The first-order valence-electron chi connectivity index (χ1n) is 5.77. The number of hydrogen-bond donors (Lipinski definition) is 0. The van der Waals surface area contributed by atoms with E-state index in [0.717, 1.165) is 6.08 Å². The van der Waals surface area contributed by atoms with Gasteiger partial charge in [-0.3, -0.25) is 4.79 Å². The van der Waals surface area contributed by atoms with Gasteiger partial charge >= 0.3 is 0 Å². The lowest BCUT2D eigenvalue weighted by atomic mass is 10.2. The molecule has 4 nitrogen and oxygen atoms in total. The van der Waals surface area contributed by atoms with Crippen LogP contribution in [-0.4, -0.2) is 45.2 Å². The van der Waals surface area contributed by atoms with Gasteiger partial charge in [0.1, 0.15) is 12.9 Å². The monoisotopic (exact) mass is 306 g/mol. The molecule has 0 heterocycles. The van der Waals surface area contributed by atoms with Crippen molar-refractivity contribution in [3.8, 4) is 0 Å². The zero-order valence-electron chi connectivity index (χ0n) is 10.6. The minimum atomic E-state index is -0.626. The van der Waals surface area contributed by atoms with Gasteiger partial charge in [0.15, 0.2) is 11.6 Å². The Morgan fingerprint density at radius 3 is 2.65 bits per heavy atom. The molecule has 1 aliphatic carbocycles. The molecule has 1 rings (SSSR count). The Kier molecular flexibility index (Phi) is 9.98. The molecule has 0 radical (unpaired) electrons. The Bertz CT molecular complexity index is 391. The molecule has 0 saturated carbocycles. The van der Waals surface area contributed by atoms with Crippen molar-refractivity contribution in [2.24, 2.45) is 0 Å². The number of alkyl halides is 1. The molecule has 1 unspecified atom stereocenters. The summed E-state index contributed by atoms with van der Waals surface area (Å²) in [4.78, 5) is 10.6. The molecule has 0 bridgehead atoms. The van der Waals surface area contributed by atoms with Crippen molar-refractivity contribution >= 4 is 17.9 Å². The second kappa shape index (κ2) is 10.6. The van der Waals surface area contributed by atoms with Crippen LogP contribution in [0, 0.1) is 0 Å². The molecule has 0 fully saturated rings. The zero-order chi connectivity index (χ0) is 14.1. The van der Waals surface area contributed by atoms with Crippen molar-refractivity contribution in [3.05, 3.63) is 35.4 Å². The third-order valence-electron chi connectivity index (χ3n) is 2.24. The van der Waals surface area contributed by atoms with E-state index in [-0.39, 0.29) is 25.4 Å². The Hall–Kier alpha value is -1.17. The molecular weight excluding hydrogens is 287 g/mol. The predicted molar refractivity (Wildman–Crippen MR) is 76.4 cm³/mol. The van der Waals surface area contributed by atoms with Crippen LogP contribution in [0.25, 0.3) is 0 Å². The molecule has 1 atom stereocenters. The van der Waals surface area contributed by atoms with Gasteiger partial charge in [0, 0.05) is 12.7 Å². The van der Waals surface area contributed by atoms with Crippen LogP contribution < -0.4 is 0 Å². The highest BCUT2D eigenvalue weighted by Crippen LogP contribution is 2.22. The molecule has 20 heavy (non-hydrogen) atoms. The van der Waals surface area contributed by atoms with E-state index in [1.54, 1.807) is 7.11 Å². The Labute approximate surface area is 123 Å². The highest BCUT2D eigenvalue weighted by molar-refractivity contribution is 6.23. The Morgan fingerprint density at radius 1 is 1.30 bits per heavy atom. The summed E-state index contributed by atoms with van der Waals surface area (Å²) < 4.78 is 28.9. The molecular formula is C14H20ClFO4. The SMILES string of the molecule is C.COCCOCCOC1=CC(Cl)C=C(C=O)C=C1F. The Morgan fingerprint density at radius 2 is 2.00 bits per heavy atom. The number of methoxy groups -OCH3 is 1. The first-order valence-corrected chi connectivity index (χ1v) is 6.21. The minimum absolute atomic E-state index is 0. The summed E-state index contributed by atoms with van der Waals surface area (Å²) in [5.41, 5.74) is 0.184. The summed E-state index contributed by atoms with van der Waals surface area (Å²) in [6, 6.07) is 0. The van der Waals surface area contributed by atoms with Gasteiger partial charge in [-0.1, -0.05) is 13.5 Å². The van der Waals surface area contributed by atoms with Gasteiger partial charge in [0.05, 0.1) is 25.2 Å². The van der Waals surface area contributed by atoms with Gasteiger partial charge in [-0.15, -0.1) is 11.6 Å². The van der Waals surface area contributed by atoms with Gasteiger partial charge in [-0.2, -0.15) is 0 Å². The number of halogens is 2. The largest absolute Gasteiger partial charge is 0.488 e. The lowest BCUT2D eigenvalue weighted by Crippen LogP contribution is -2.08. The lowest BCUT2D eigenvalue weighted by Gasteiger charge is -2.09. The Balaban J connectivity index is 0.00000361. The maximum Gasteiger partial charge on any atom is 0.165 e. The quantitative estimate of drug-likeness (QED) is 0.393. The highest BCUT2D eigenvalue weighted by Gasteiger charge is 2.14. The lowest BCUT2D eigenvalue weighted by molar-refractivity contribution is -0.104. The molecule has 0 aliphatic heterocycles. The van der Waals surface area contributed by atoms with E-state index in [4.69, 9.17) is 25.8 Å². The van der Waals surface area contributed by atoms with Crippen LogP contribution in [0.3, 0.4) is 0 Å².